The molecule has 0 spiro atoms. The van der Waals surface area contributed by atoms with E-state index in [-0.39, 0.29) is 11.7 Å². The molecule has 96 valence electrons. The number of nitrogens with one attached hydrogen (secondary N) is 1. The zero-order chi connectivity index (χ0) is 13.2. The van der Waals surface area contributed by atoms with Gasteiger partial charge in [0.2, 0.25) is 0 Å². The molecule has 1 aliphatic rings. The molecule has 0 aromatic heterocycles. The Morgan fingerprint density at radius 2 is 1.89 bits per heavy atom. The second kappa shape index (κ2) is 4.88. The van der Waals surface area contributed by atoms with E-state index in [1.165, 1.54) is 5.56 Å². The lowest BCUT2D eigenvalue weighted by molar-refractivity contribution is -0.117. The van der Waals surface area contributed by atoms with E-state index in [0.717, 1.165) is 29.8 Å². The predicted molar refractivity (Wildman–Crippen MR) is 77.6 cm³/mol. The summed E-state index contributed by atoms with van der Waals surface area (Å²) >= 11 is 0. The molecule has 1 aliphatic heterocycles. The Balaban J connectivity index is 2.12. The molecule has 0 amide bonds. The molecule has 2 heteroatoms. The third-order valence-electron chi connectivity index (χ3n) is 3.73. The number of rotatable bonds is 3. The van der Waals surface area contributed by atoms with Gasteiger partial charge in [0.15, 0.2) is 0 Å². The van der Waals surface area contributed by atoms with E-state index in [9.17, 15) is 4.79 Å². The Morgan fingerprint density at radius 3 is 2.63 bits per heavy atom. The molecular weight excluding hydrogens is 234 g/mol. The van der Waals surface area contributed by atoms with Crippen molar-refractivity contribution < 1.29 is 4.79 Å². The standard InChI is InChI=1S/C17H17NO/c1-12(19)16(13-6-3-2-4-7-13)15-9-5-8-14-10-11-18-17(14)15/h2-9,16,18H,10-11H2,1H3. The molecule has 19 heavy (non-hydrogen) atoms. The van der Waals surface area contributed by atoms with Crippen molar-refractivity contribution in [1.29, 1.82) is 0 Å². The number of anilines is 1. The SMILES string of the molecule is CC(=O)C(c1ccccc1)c1cccc2c1NCC2. The highest BCUT2D eigenvalue weighted by molar-refractivity contribution is 5.89. The van der Waals surface area contributed by atoms with Gasteiger partial charge >= 0.3 is 0 Å². The largest absolute Gasteiger partial charge is 0.384 e. The maximum absolute atomic E-state index is 12.1. The van der Waals surface area contributed by atoms with Crippen molar-refractivity contribution in [2.24, 2.45) is 0 Å². The van der Waals surface area contributed by atoms with Gasteiger partial charge in [0.25, 0.3) is 0 Å². The third-order valence-corrected chi connectivity index (χ3v) is 3.73. The summed E-state index contributed by atoms with van der Waals surface area (Å²) in [5.74, 6) is 0.0232. The molecule has 2 nitrogen and oxygen atoms in total. The molecule has 1 atom stereocenters. The van der Waals surface area contributed by atoms with Crippen LogP contribution in [0.5, 0.6) is 0 Å². The van der Waals surface area contributed by atoms with Crippen LogP contribution >= 0.6 is 0 Å². The van der Waals surface area contributed by atoms with E-state index in [4.69, 9.17) is 0 Å². The third kappa shape index (κ3) is 2.14. The number of carbonyl (C=O) groups excluding carboxylic acids is 1. The van der Waals surface area contributed by atoms with E-state index in [2.05, 4.69) is 23.5 Å². The van der Waals surface area contributed by atoms with Crippen LogP contribution in [-0.4, -0.2) is 12.3 Å². The van der Waals surface area contributed by atoms with Crippen LogP contribution < -0.4 is 5.32 Å². The molecule has 0 saturated heterocycles. The van der Waals surface area contributed by atoms with Crippen LogP contribution in [-0.2, 0) is 11.2 Å². The van der Waals surface area contributed by atoms with Crippen molar-refractivity contribution in [2.75, 3.05) is 11.9 Å². The Labute approximate surface area is 113 Å². The van der Waals surface area contributed by atoms with Crippen LogP contribution in [0.3, 0.4) is 0 Å². The number of fused-ring (bicyclic) bond motifs is 1. The summed E-state index contributed by atoms with van der Waals surface area (Å²) in [6.45, 7) is 2.64. The fourth-order valence-electron chi connectivity index (χ4n) is 2.89. The van der Waals surface area contributed by atoms with Crippen molar-refractivity contribution in [1.82, 2.24) is 0 Å². The van der Waals surface area contributed by atoms with Crippen molar-refractivity contribution in [3.8, 4) is 0 Å². The minimum atomic E-state index is -0.165. The highest BCUT2D eigenvalue weighted by atomic mass is 16.1. The van der Waals surface area contributed by atoms with Crippen LogP contribution in [0, 0.1) is 0 Å². The maximum Gasteiger partial charge on any atom is 0.141 e. The first kappa shape index (κ1) is 12.0. The van der Waals surface area contributed by atoms with Gasteiger partial charge in [-0.2, -0.15) is 0 Å². The summed E-state index contributed by atoms with van der Waals surface area (Å²) < 4.78 is 0. The smallest absolute Gasteiger partial charge is 0.141 e. The molecule has 2 aromatic rings. The van der Waals surface area contributed by atoms with E-state index in [1.54, 1.807) is 6.92 Å². The summed E-state index contributed by atoms with van der Waals surface area (Å²) in [5, 5.41) is 3.42. The van der Waals surface area contributed by atoms with Gasteiger partial charge in [0, 0.05) is 12.2 Å². The van der Waals surface area contributed by atoms with E-state index in [0.29, 0.717) is 0 Å². The lowest BCUT2D eigenvalue weighted by atomic mass is 9.86. The monoisotopic (exact) mass is 251 g/mol. The summed E-state index contributed by atoms with van der Waals surface area (Å²) in [5.41, 5.74) is 4.65. The van der Waals surface area contributed by atoms with Crippen LogP contribution in [0.15, 0.2) is 48.5 Å². The molecule has 0 aliphatic carbocycles. The molecule has 2 aromatic carbocycles. The minimum Gasteiger partial charge on any atom is -0.384 e. The second-order valence-corrected chi connectivity index (χ2v) is 5.01. The van der Waals surface area contributed by atoms with Crippen LogP contribution in [0.4, 0.5) is 5.69 Å². The summed E-state index contributed by atoms with van der Waals surface area (Å²) in [6.07, 6.45) is 1.04. The van der Waals surface area contributed by atoms with Gasteiger partial charge in [-0.1, -0.05) is 48.5 Å². The normalized spacial score (nSPS) is 14.6. The highest BCUT2D eigenvalue weighted by Crippen LogP contribution is 2.35. The average Bonchev–Trinajstić information content (AvgIpc) is 2.89. The summed E-state index contributed by atoms with van der Waals surface area (Å²) in [4.78, 5) is 12.1. The lowest BCUT2D eigenvalue weighted by Gasteiger charge is -2.18. The lowest BCUT2D eigenvalue weighted by Crippen LogP contribution is -2.12. The number of hydrogen-bond acceptors (Lipinski definition) is 2. The summed E-state index contributed by atoms with van der Waals surface area (Å²) in [6, 6.07) is 16.3. The molecule has 0 bridgehead atoms. The molecule has 1 unspecified atom stereocenters. The van der Waals surface area contributed by atoms with Crippen LogP contribution in [0.2, 0.25) is 0 Å². The molecule has 0 radical (unpaired) electrons. The topological polar surface area (TPSA) is 29.1 Å². The van der Waals surface area contributed by atoms with Crippen molar-refractivity contribution in [3.63, 3.8) is 0 Å². The fraction of sp³-hybridized carbons (Fsp3) is 0.235. The second-order valence-electron chi connectivity index (χ2n) is 5.01. The predicted octanol–water partition coefficient (Wildman–Crippen LogP) is 3.38. The first-order chi connectivity index (χ1) is 9.27. The van der Waals surface area contributed by atoms with Gasteiger partial charge < -0.3 is 5.32 Å². The number of benzene rings is 2. The summed E-state index contributed by atoms with van der Waals surface area (Å²) in [7, 11) is 0. The first-order valence-corrected chi connectivity index (χ1v) is 6.68. The Morgan fingerprint density at radius 1 is 1.11 bits per heavy atom. The molecule has 0 saturated carbocycles. The molecule has 1 N–H and O–H groups in total. The van der Waals surface area contributed by atoms with E-state index >= 15 is 0 Å². The maximum atomic E-state index is 12.1. The van der Waals surface area contributed by atoms with Crippen molar-refractivity contribution in [3.05, 3.63) is 65.2 Å². The van der Waals surface area contributed by atoms with Crippen LogP contribution in [0.25, 0.3) is 0 Å². The zero-order valence-corrected chi connectivity index (χ0v) is 11.0. The minimum absolute atomic E-state index is 0.165. The number of hydrogen-bond donors (Lipinski definition) is 1. The molecule has 0 fully saturated rings. The average molecular weight is 251 g/mol. The quantitative estimate of drug-likeness (QED) is 0.906. The van der Waals surface area contributed by atoms with Gasteiger partial charge in [0.05, 0.1) is 5.92 Å². The highest BCUT2D eigenvalue weighted by Gasteiger charge is 2.24. The molecule has 3 rings (SSSR count). The number of Topliss-reactive ketones (excluding diaryl/α,β-unsaturated/α-hetero) is 1. The Bertz CT molecular complexity index is 604. The number of ketones is 1. The van der Waals surface area contributed by atoms with Gasteiger partial charge in [0.1, 0.15) is 5.78 Å². The van der Waals surface area contributed by atoms with Gasteiger partial charge in [-0.15, -0.1) is 0 Å². The Kier molecular flexibility index (Phi) is 3.08. The van der Waals surface area contributed by atoms with Crippen molar-refractivity contribution in [2.45, 2.75) is 19.3 Å². The zero-order valence-electron chi connectivity index (χ0n) is 11.0. The van der Waals surface area contributed by atoms with Gasteiger partial charge in [-0.25, -0.2) is 0 Å². The van der Waals surface area contributed by atoms with Gasteiger partial charge in [-0.05, 0) is 30.0 Å². The number of para-hydroxylation sites is 1. The fourth-order valence-corrected chi connectivity index (χ4v) is 2.89. The van der Waals surface area contributed by atoms with Crippen LogP contribution in [0.1, 0.15) is 29.5 Å². The number of carbonyl (C=O) groups is 1. The van der Waals surface area contributed by atoms with Crippen molar-refractivity contribution >= 4 is 11.5 Å². The first-order valence-electron chi connectivity index (χ1n) is 6.68. The molecular formula is C17H17NO. The van der Waals surface area contributed by atoms with E-state index in [1.807, 2.05) is 30.3 Å². The van der Waals surface area contributed by atoms with Gasteiger partial charge in [-0.3, -0.25) is 4.79 Å². The molecule has 1 heterocycles. The van der Waals surface area contributed by atoms with E-state index < -0.39 is 0 Å². The Hall–Kier alpha value is -2.09.